The van der Waals surface area contributed by atoms with Crippen molar-refractivity contribution in [2.24, 2.45) is 11.8 Å². The van der Waals surface area contributed by atoms with E-state index in [0.29, 0.717) is 18.9 Å². The van der Waals surface area contributed by atoms with E-state index in [-0.39, 0.29) is 17.9 Å². The van der Waals surface area contributed by atoms with E-state index in [1.807, 2.05) is 13.8 Å². The molecule has 4 heteroatoms. The van der Waals surface area contributed by atoms with Crippen LogP contribution in [0.1, 0.15) is 53.4 Å². The van der Waals surface area contributed by atoms with E-state index in [1.165, 1.54) is 4.90 Å². The summed E-state index contributed by atoms with van der Waals surface area (Å²) in [7, 11) is 0. The third-order valence-electron chi connectivity index (χ3n) is 3.52. The first-order chi connectivity index (χ1) is 8.47. The van der Waals surface area contributed by atoms with Crippen LogP contribution in [0.5, 0.6) is 0 Å². The number of nitrogens with zero attached hydrogens (tertiary/aromatic N) is 1. The van der Waals surface area contributed by atoms with E-state index in [9.17, 15) is 9.59 Å². The van der Waals surface area contributed by atoms with E-state index in [0.717, 1.165) is 19.3 Å². The minimum Gasteiger partial charge on any atom is -0.447 e. The highest BCUT2D eigenvalue weighted by molar-refractivity contribution is 5.93. The van der Waals surface area contributed by atoms with Gasteiger partial charge in [0.25, 0.3) is 0 Å². The van der Waals surface area contributed by atoms with Gasteiger partial charge < -0.3 is 4.74 Å². The van der Waals surface area contributed by atoms with Gasteiger partial charge in [0.05, 0.1) is 6.04 Å². The van der Waals surface area contributed by atoms with Gasteiger partial charge in [-0.1, -0.05) is 47.0 Å². The fourth-order valence-corrected chi connectivity index (χ4v) is 2.26. The molecule has 0 radical (unpaired) electrons. The molecule has 18 heavy (non-hydrogen) atoms. The van der Waals surface area contributed by atoms with Gasteiger partial charge in [-0.05, 0) is 11.8 Å². The maximum absolute atomic E-state index is 12.2. The van der Waals surface area contributed by atoms with Crippen molar-refractivity contribution < 1.29 is 14.3 Å². The molecular weight excluding hydrogens is 230 g/mol. The zero-order valence-electron chi connectivity index (χ0n) is 11.9. The second kappa shape index (κ2) is 6.76. The van der Waals surface area contributed by atoms with Gasteiger partial charge >= 0.3 is 6.09 Å². The van der Waals surface area contributed by atoms with E-state index in [4.69, 9.17) is 4.74 Å². The lowest BCUT2D eigenvalue weighted by atomic mass is 9.98. The Morgan fingerprint density at radius 2 is 2.11 bits per heavy atom. The Balaban J connectivity index is 2.56. The summed E-state index contributed by atoms with van der Waals surface area (Å²) >= 11 is 0. The van der Waals surface area contributed by atoms with Crippen LogP contribution in [0.25, 0.3) is 0 Å². The molecule has 0 aromatic heterocycles. The normalized spacial score (nSPS) is 21.3. The van der Waals surface area contributed by atoms with Crippen molar-refractivity contribution in [3.63, 3.8) is 0 Å². The summed E-state index contributed by atoms with van der Waals surface area (Å²) in [5, 5.41) is 0. The Bertz CT molecular complexity index is 301. The summed E-state index contributed by atoms with van der Waals surface area (Å²) in [4.78, 5) is 25.1. The molecule has 1 heterocycles. The zero-order valence-corrected chi connectivity index (χ0v) is 11.9. The lowest BCUT2D eigenvalue weighted by Crippen LogP contribution is -2.42. The predicted octanol–water partition coefficient (Wildman–Crippen LogP) is 3.21. The Morgan fingerprint density at radius 1 is 1.44 bits per heavy atom. The third-order valence-corrected chi connectivity index (χ3v) is 3.52. The maximum atomic E-state index is 12.2. The van der Waals surface area contributed by atoms with Gasteiger partial charge in [-0.2, -0.15) is 0 Å². The first-order valence-electron chi connectivity index (χ1n) is 6.96. The maximum Gasteiger partial charge on any atom is 0.416 e. The fraction of sp³-hybridized carbons (Fsp3) is 0.857. The van der Waals surface area contributed by atoms with Crippen LogP contribution >= 0.6 is 0 Å². The number of hydrogen-bond acceptors (Lipinski definition) is 3. The number of carbonyl (C=O) groups is 2. The number of rotatable bonds is 6. The molecule has 0 aromatic rings. The van der Waals surface area contributed by atoms with E-state index < -0.39 is 6.09 Å². The van der Waals surface area contributed by atoms with Crippen molar-refractivity contribution in [3.05, 3.63) is 0 Å². The van der Waals surface area contributed by atoms with E-state index >= 15 is 0 Å². The second-order valence-corrected chi connectivity index (χ2v) is 5.60. The molecule has 1 saturated heterocycles. The summed E-state index contributed by atoms with van der Waals surface area (Å²) in [6.07, 6.45) is 3.28. The molecular formula is C14H25NO3. The first kappa shape index (κ1) is 15.0. The summed E-state index contributed by atoms with van der Waals surface area (Å²) in [6, 6.07) is -0.0941. The van der Waals surface area contributed by atoms with Crippen molar-refractivity contribution in [1.82, 2.24) is 4.90 Å². The molecule has 0 spiro atoms. The number of imide groups is 1. The van der Waals surface area contributed by atoms with E-state index in [1.54, 1.807) is 0 Å². The number of unbranched alkanes of at least 4 members (excludes halogenated alkanes) is 1. The van der Waals surface area contributed by atoms with Crippen LogP contribution in [0.15, 0.2) is 0 Å². The topological polar surface area (TPSA) is 46.6 Å². The van der Waals surface area contributed by atoms with Gasteiger partial charge in [0.2, 0.25) is 5.91 Å². The minimum atomic E-state index is -0.471. The SMILES string of the molecule is CCCCC(C)CC(=O)N1C(=O)OCC1C(C)C. The van der Waals surface area contributed by atoms with Crippen LogP contribution in [0.3, 0.4) is 0 Å². The van der Waals surface area contributed by atoms with E-state index in [2.05, 4.69) is 13.8 Å². The summed E-state index contributed by atoms with van der Waals surface area (Å²) in [5.41, 5.74) is 0. The van der Waals surface area contributed by atoms with Gasteiger partial charge in [0, 0.05) is 6.42 Å². The molecule has 0 aliphatic carbocycles. The predicted molar refractivity (Wildman–Crippen MR) is 70.1 cm³/mol. The smallest absolute Gasteiger partial charge is 0.416 e. The number of cyclic esters (lactones) is 1. The second-order valence-electron chi connectivity index (χ2n) is 5.60. The molecule has 0 saturated carbocycles. The Hall–Kier alpha value is -1.06. The number of hydrogen-bond donors (Lipinski definition) is 0. The van der Waals surface area contributed by atoms with Crippen LogP contribution < -0.4 is 0 Å². The highest BCUT2D eigenvalue weighted by Gasteiger charge is 2.39. The summed E-state index contributed by atoms with van der Waals surface area (Å²) in [6.45, 7) is 8.56. The van der Waals surface area contributed by atoms with Gasteiger partial charge in [-0.15, -0.1) is 0 Å². The van der Waals surface area contributed by atoms with Gasteiger partial charge in [0.15, 0.2) is 0 Å². The van der Waals surface area contributed by atoms with Crippen LogP contribution in [0.4, 0.5) is 4.79 Å². The van der Waals surface area contributed by atoms with Crippen molar-refractivity contribution >= 4 is 12.0 Å². The average molecular weight is 255 g/mol. The molecule has 4 nitrogen and oxygen atoms in total. The lowest BCUT2D eigenvalue weighted by Gasteiger charge is -2.23. The molecule has 0 bridgehead atoms. The quantitative estimate of drug-likeness (QED) is 0.732. The number of ether oxygens (including phenoxy) is 1. The van der Waals surface area contributed by atoms with Crippen LogP contribution in [0, 0.1) is 11.8 Å². The lowest BCUT2D eigenvalue weighted by molar-refractivity contribution is -0.130. The Morgan fingerprint density at radius 3 is 2.67 bits per heavy atom. The average Bonchev–Trinajstić information content (AvgIpc) is 2.68. The molecule has 1 rings (SSSR count). The monoisotopic (exact) mass is 255 g/mol. The molecule has 1 aliphatic rings. The third kappa shape index (κ3) is 3.72. The van der Waals surface area contributed by atoms with Crippen LogP contribution in [-0.2, 0) is 9.53 Å². The van der Waals surface area contributed by atoms with Crippen LogP contribution in [-0.4, -0.2) is 29.5 Å². The first-order valence-corrected chi connectivity index (χ1v) is 6.96. The van der Waals surface area contributed by atoms with Gasteiger partial charge in [-0.25, -0.2) is 9.69 Å². The molecule has 104 valence electrons. The Kier molecular flexibility index (Phi) is 5.63. The molecule has 0 N–H and O–H groups in total. The van der Waals surface area contributed by atoms with Crippen molar-refractivity contribution in [1.29, 1.82) is 0 Å². The summed E-state index contributed by atoms with van der Waals surface area (Å²) in [5.74, 6) is 0.491. The molecule has 1 aliphatic heterocycles. The van der Waals surface area contributed by atoms with Crippen molar-refractivity contribution in [2.75, 3.05) is 6.61 Å². The fourth-order valence-electron chi connectivity index (χ4n) is 2.26. The van der Waals surface area contributed by atoms with Crippen molar-refractivity contribution in [2.45, 2.75) is 59.4 Å². The van der Waals surface area contributed by atoms with Gasteiger partial charge in [-0.3, -0.25) is 4.79 Å². The Labute approximate surface area is 110 Å². The van der Waals surface area contributed by atoms with Crippen LogP contribution in [0.2, 0.25) is 0 Å². The molecule has 0 aromatic carbocycles. The highest BCUT2D eigenvalue weighted by atomic mass is 16.6. The largest absolute Gasteiger partial charge is 0.447 e. The number of amides is 2. The van der Waals surface area contributed by atoms with Gasteiger partial charge in [0.1, 0.15) is 6.61 Å². The van der Waals surface area contributed by atoms with Crippen molar-refractivity contribution in [3.8, 4) is 0 Å². The molecule has 2 amide bonds. The minimum absolute atomic E-state index is 0.0835. The molecule has 2 unspecified atom stereocenters. The summed E-state index contributed by atoms with van der Waals surface area (Å²) < 4.78 is 4.99. The highest BCUT2D eigenvalue weighted by Crippen LogP contribution is 2.22. The molecule has 2 atom stereocenters. The standard InChI is InChI=1S/C14H25NO3/c1-5-6-7-11(4)8-13(16)15-12(10(2)3)9-18-14(15)17/h10-12H,5-9H2,1-4H3. The zero-order chi connectivity index (χ0) is 13.7. The number of carbonyl (C=O) groups excluding carboxylic acids is 2. The molecule has 1 fully saturated rings.